The van der Waals surface area contributed by atoms with Gasteiger partial charge in [0.15, 0.2) is 71.1 Å². The van der Waals surface area contributed by atoms with Crippen molar-refractivity contribution in [1.82, 2.24) is 50.8 Å². The standard InChI is InChI=1S/2C22H22N6O7S2.2C16H16N4O8S/c2*1-22(2,20(33)34)35-26-13(12-10-37-21(23)24-12)16(29)25-14-17(30)28-15(19(31)32)11(9-36-18(14)28)8-27-6-4-3-5-7-27;2*1-26-19-9(8-3-2-4-27-8)12(21)18-10-13(22)20-11(15(23)24)7(5-28-16(17)25)6-29-14(10)20/h2*3-7,10,14,18H,8-9H2,1-2H3,(H4-,23,24,25,29,31,32,33,34);2*2-4,10,14H,5-6H2,1H3,(H2,17,25)(H,18,21)(H,23,24)/b2*26-13-;2*19-9+/t2*14-,18-;2*10-,14-/m1111/s1. The van der Waals surface area contributed by atoms with Crippen LogP contribution in [0.1, 0.15) is 50.6 Å². The van der Waals surface area contributed by atoms with Crippen LogP contribution in [0.2, 0.25) is 0 Å². The third kappa shape index (κ3) is 22.0. The highest BCUT2D eigenvalue weighted by atomic mass is 32.2. The Morgan fingerprint density at radius 2 is 0.773 bits per heavy atom. The highest BCUT2D eigenvalue weighted by Crippen LogP contribution is 2.45. The van der Waals surface area contributed by atoms with E-state index < -0.39 is 152 Å². The Labute approximate surface area is 767 Å². The van der Waals surface area contributed by atoms with Crippen molar-refractivity contribution >= 4 is 198 Å². The summed E-state index contributed by atoms with van der Waals surface area (Å²) in [4.78, 5) is 226. The predicted molar refractivity (Wildman–Crippen MR) is 454 cm³/mol. The minimum absolute atomic E-state index is 0.0265. The molecule has 56 heteroatoms. The molecular formula is C76H76N20O30S6. The number of carbonyl (C=O) groups is 16. The Balaban J connectivity index is 0.000000171. The molecule has 50 nitrogen and oxygen atoms in total. The summed E-state index contributed by atoms with van der Waals surface area (Å²) >= 11 is 7.07. The van der Waals surface area contributed by atoms with Crippen molar-refractivity contribution in [2.24, 2.45) is 32.1 Å². The van der Waals surface area contributed by atoms with E-state index in [1.165, 1.54) is 124 Å². The van der Waals surface area contributed by atoms with Gasteiger partial charge in [0.1, 0.15) is 95.9 Å². The van der Waals surface area contributed by atoms with Crippen molar-refractivity contribution in [3.8, 4) is 0 Å². The third-order valence-corrected chi connectivity index (χ3v) is 25.9. The van der Waals surface area contributed by atoms with E-state index in [-0.39, 0.29) is 128 Å². The zero-order valence-electron chi connectivity index (χ0n) is 69.2. The second-order valence-electron chi connectivity index (χ2n) is 28.8. The number of rotatable bonds is 32. The number of thioether (sulfide) groups is 4. The Bertz CT molecular complexity index is 5510. The third-order valence-electron chi connectivity index (χ3n) is 19.2. The minimum Gasteiger partial charge on any atom is -0.543 e. The molecule has 0 bridgehead atoms. The molecule has 4 saturated heterocycles. The molecular weight excluding hydrogens is 1870 g/mol. The number of nitrogens with two attached hydrogens (primary N) is 4. The fraction of sp³-hybridized carbons (Fsp3) is 0.316. The monoisotopic (exact) mass is 1940 g/mol. The summed E-state index contributed by atoms with van der Waals surface area (Å²) in [6.45, 7) is 4.79. The number of hydrogen-bond acceptors (Lipinski definition) is 40. The maximum atomic E-state index is 13.1. The smallest absolute Gasteiger partial charge is 0.404 e. The van der Waals surface area contributed by atoms with Gasteiger partial charge in [0.2, 0.25) is 22.6 Å². The number of carbonyl (C=O) groups excluding carboxylic acids is 12. The molecule has 14 rings (SSSR count). The molecule has 6 aromatic rings. The highest BCUT2D eigenvalue weighted by Gasteiger charge is 2.59. The summed E-state index contributed by atoms with van der Waals surface area (Å²) in [5.41, 5.74) is 17.0. The van der Waals surface area contributed by atoms with Crippen LogP contribution in [0.25, 0.3) is 0 Å². The van der Waals surface area contributed by atoms with Gasteiger partial charge < -0.3 is 122 Å². The zero-order valence-corrected chi connectivity index (χ0v) is 74.1. The number of β-lactam (4-membered cyclic amide) rings is 4. The Morgan fingerprint density at radius 3 is 1.03 bits per heavy atom. The van der Waals surface area contributed by atoms with Crippen molar-refractivity contribution in [1.29, 1.82) is 0 Å². The van der Waals surface area contributed by atoms with Crippen molar-refractivity contribution in [2.45, 2.75) is 97.6 Å². The number of fused-ring (bicyclic) bond motifs is 4. The van der Waals surface area contributed by atoms with E-state index in [0.717, 1.165) is 42.3 Å². The molecule has 0 saturated carbocycles. The van der Waals surface area contributed by atoms with Crippen LogP contribution < -0.4 is 63.5 Å². The topological polar surface area (TPSA) is 730 Å². The first-order valence-electron chi connectivity index (χ1n) is 37.9. The summed E-state index contributed by atoms with van der Waals surface area (Å²) < 4.78 is 23.1. The summed E-state index contributed by atoms with van der Waals surface area (Å²) in [5.74, 6) is -12.8. The van der Waals surface area contributed by atoms with E-state index in [9.17, 15) is 107 Å². The largest absolute Gasteiger partial charge is 0.543 e. The number of nitrogens with one attached hydrogen (secondary N) is 4. The molecule has 4 fully saturated rings. The zero-order chi connectivity index (χ0) is 96.1. The fourth-order valence-corrected chi connectivity index (χ4v) is 19.3. The van der Waals surface area contributed by atoms with E-state index in [2.05, 4.69) is 71.0 Å². The van der Waals surface area contributed by atoms with E-state index in [0.29, 0.717) is 22.7 Å². The number of pyridine rings is 2. The van der Waals surface area contributed by atoms with Crippen LogP contribution in [-0.4, -0.2) is 275 Å². The average molecular weight is 1940 g/mol. The molecule has 10 amide bonds. The number of anilines is 2. The van der Waals surface area contributed by atoms with Crippen LogP contribution in [0.5, 0.6) is 0 Å². The first-order chi connectivity index (χ1) is 62.7. The molecule has 8 atom stereocenters. The van der Waals surface area contributed by atoms with Gasteiger partial charge in [-0.2, -0.15) is 0 Å². The lowest BCUT2D eigenvalue weighted by atomic mass is 10.0. The normalized spacial score (nSPS) is 20.3. The van der Waals surface area contributed by atoms with Crippen molar-refractivity contribution in [3.05, 3.63) is 177 Å². The summed E-state index contributed by atoms with van der Waals surface area (Å²) in [6, 6.07) is 12.9. The second-order valence-corrected chi connectivity index (χ2v) is 35.0. The molecule has 0 aromatic carbocycles. The van der Waals surface area contributed by atoms with Crippen LogP contribution in [0, 0.1) is 0 Å². The number of carboxylic acid groups (broad SMARTS) is 6. The number of ether oxygens (including phenoxy) is 2. The fourth-order valence-electron chi connectivity index (χ4n) is 12.9. The van der Waals surface area contributed by atoms with Crippen molar-refractivity contribution < 1.29 is 154 Å². The number of thiazole rings is 2. The Hall–Kier alpha value is -14.9. The second kappa shape index (κ2) is 42.1. The van der Waals surface area contributed by atoms with Gasteiger partial charge in [0.25, 0.3) is 47.3 Å². The van der Waals surface area contributed by atoms with Crippen LogP contribution in [-0.2, 0) is 109 Å². The number of hydrogen-bond donors (Lipinski definition) is 12. The molecule has 0 radical (unpaired) electrons. The number of primary amides is 2. The van der Waals surface area contributed by atoms with Gasteiger partial charge in [-0.05, 0) is 52.0 Å². The van der Waals surface area contributed by atoms with Gasteiger partial charge in [-0.1, -0.05) is 32.8 Å². The lowest BCUT2D eigenvalue weighted by Crippen LogP contribution is -2.71. The Morgan fingerprint density at radius 1 is 0.470 bits per heavy atom. The molecule has 0 aliphatic carbocycles. The van der Waals surface area contributed by atoms with Gasteiger partial charge >= 0.3 is 36.1 Å². The van der Waals surface area contributed by atoms with Gasteiger partial charge in [-0.3, -0.25) is 58.0 Å². The average Bonchev–Trinajstić information content (AvgIpc) is 0.868. The number of oxime groups is 4. The number of nitrogens with zero attached hydrogens (tertiary/aromatic N) is 12. The SMILES string of the molecule is CC(C)(O/N=C(\C(=O)N[C@@H]1C(=O)N2C(C(=O)[O-])=C(C[n+]3ccccc3)CS[C@H]12)c1csc(N)n1)C(=O)O.CC(C)(O/N=C(\C(=O)N[C@@H]1C(=O)N2C(C(=O)[O-])=C(C[n+]3ccccc3)CS[C@H]12)c1csc(N)n1)C(=O)O.CO/N=C(/C(=O)N[C@@H]1C(=O)N2C(C(=O)O)=C(COC(N)=O)CS[C@H]12)c1ccco1.CO/N=C(/C(=O)N[C@@H]1C(=O)N2C(C(=O)O)=C(COC(N)=O)CS[C@H]12)c1ccco1. The van der Waals surface area contributed by atoms with Crippen LogP contribution in [0.4, 0.5) is 19.9 Å². The maximum absolute atomic E-state index is 13.1. The summed E-state index contributed by atoms with van der Waals surface area (Å²) in [7, 11) is 2.51. The number of carboxylic acids is 6. The lowest BCUT2D eigenvalue weighted by Gasteiger charge is -2.50. The van der Waals surface area contributed by atoms with Gasteiger partial charge in [0, 0.05) is 80.3 Å². The van der Waals surface area contributed by atoms with Crippen molar-refractivity contribution in [2.75, 3.05) is 61.9 Å². The number of amides is 10. The van der Waals surface area contributed by atoms with Gasteiger partial charge in [-0.15, -0.1) is 69.7 Å². The Kier molecular flexibility index (Phi) is 31.2. The number of furan rings is 2. The van der Waals surface area contributed by atoms with E-state index in [1.807, 2.05) is 12.1 Å². The molecule has 16 N–H and O–H groups in total. The molecule has 14 heterocycles. The van der Waals surface area contributed by atoms with Gasteiger partial charge in [-0.25, -0.2) is 47.9 Å². The quantitative estimate of drug-likeness (QED) is 0.00838. The molecule has 6 aromatic heterocycles. The molecule has 0 unspecified atom stereocenters. The highest BCUT2D eigenvalue weighted by molar-refractivity contribution is 8.01. The lowest BCUT2D eigenvalue weighted by molar-refractivity contribution is -0.689. The molecule has 132 heavy (non-hydrogen) atoms. The summed E-state index contributed by atoms with van der Waals surface area (Å²) in [5, 5.41) is 86.7. The molecule has 8 aliphatic rings. The molecule has 0 spiro atoms. The van der Waals surface area contributed by atoms with E-state index in [4.69, 9.17) is 41.4 Å². The molecule has 8 aliphatic heterocycles. The minimum atomic E-state index is -1.75. The summed E-state index contributed by atoms with van der Waals surface area (Å²) in [6.07, 6.45) is 7.68. The number of nitrogen functional groups attached to an aromatic ring is 2. The first-order valence-corrected chi connectivity index (χ1v) is 43.9. The van der Waals surface area contributed by atoms with E-state index >= 15 is 0 Å². The number of aromatic nitrogens is 4. The van der Waals surface area contributed by atoms with Crippen LogP contribution in [0.3, 0.4) is 0 Å². The predicted octanol–water partition coefficient (Wildman–Crippen LogP) is -3.67. The van der Waals surface area contributed by atoms with Crippen molar-refractivity contribution in [3.63, 3.8) is 0 Å². The number of aliphatic carboxylic acids is 6. The van der Waals surface area contributed by atoms with Crippen LogP contribution in [0.15, 0.2) is 183 Å². The molecule has 696 valence electrons. The maximum Gasteiger partial charge on any atom is 0.404 e. The first kappa shape index (κ1) is 97.7. The van der Waals surface area contributed by atoms with E-state index in [1.54, 1.807) is 70.3 Å². The van der Waals surface area contributed by atoms with Gasteiger partial charge in [0.05, 0.1) is 35.9 Å². The van der Waals surface area contributed by atoms with Crippen LogP contribution >= 0.6 is 69.7 Å².